The lowest BCUT2D eigenvalue weighted by Crippen LogP contribution is -2.55. The van der Waals surface area contributed by atoms with Crippen molar-refractivity contribution in [3.05, 3.63) is 75.8 Å². The second-order valence-corrected chi connectivity index (χ2v) is 10.7. The van der Waals surface area contributed by atoms with Gasteiger partial charge in [-0.25, -0.2) is 0 Å². The van der Waals surface area contributed by atoms with E-state index in [1.807, 2.05) is 4.90 Å². The third kappa shape index (κ3) is 5.11. The molecule has 2 aromatic rings. The van der Waals surface area contributed by atoms with Gasteiger partial charge < -0.3 is 10.0 Å². The van der Waals surface area contributed by atoms with Gasteiger partial charge in [-0.1, -0.05) is 30.3 Å². The zero-order valence-electron chi connectivity index (χ0n) is 20.2. The van der Waals surface area contributed by atoms with Crippen molar-refractivity contribution in [3.8, 4) is 0 Å². The van der Waals surface area contributed by atoms with Crippen molar-refractivity contribution in [3.63, 3.8) is 0 Å². The van der Waals surface area contributed by atoms with E-state index in [1.165, 1.54) is 17.7 Å². The van der Waals surface area contributed by atoms with Crippen LogP contribution in [0.1, 0.15) is 66.8 Å². The van der Waals surface area contributed by atoms with Crippen LogP contribution >= 0.6 is 0 Å². The number of aliphatic hydroxyl groups is 1. The second-order valence-electron chi connectivity index (χ2n) is 10.7. The van der Waals surface area contributed by atoms with Crippen LogP contribution in [0, 0.1) is 15.5 Å². The van der Waals surface area contributed by atoms with Crippen molar-refractivity contribution < 1.29 is 14.8 Å². The minimum atomic E-state index is -0.450. The van der Waals surface area contributed by atoms with Gasteiger partial charge in [-0.3, -0.25) is 19.8 Å². The summed E-state index contributed by atoms with van der Waals surface area (Å²) in [6, 6.07) is 16.8. The third-order valence-corrected chi connectivity index (χ3v) is 8.60. The van der Waals surface area contributed by atoms with Crippen molar-refractivity contribution in [2.24, 2.45) is 5.41 Å². The molecule has 2 aliphatic heterocycles. The molecule has 0 aromatic heterocycles. The van der Waals surface area contributed by atoms with Crippen molar-refractivity contribution in [2.75, 3.05) is 26.2 Å². The van der Waals surface area contributed by atoms with E-state index in [1.54, 1.807) is 12.1 Å². The van der Waals surface area contributed by atoms with E-state index in [4.69, 9.17) is 0 Å². The highest BCUT2D eigenvalue weighted by molar-refractivity contribution is 5.94. The number of aliphatic hydroxyl groups excluding tert-OH is 1. The Morgan fingerprint density at radius 1 is 0.971 bits per heavy atom. The van der Waals surface area contributed by atoms with Gasteiger partial charge in [0, 0.05) is 36.8 Å². The number of non-ortho nitro benzene ring substituents is 1. The molecule has 2 heterocycles. The fourth-order valence-corrected chi connectivity index (χ4v) is 6.70. The number of nitrogens with zero attached hydrogens (tertiary/aromatic N) is 3. The summed E-state index contributed by atoms with van der Waals surface area (Å²) in [5, 5.41) is 22.2. The molecule has 35 heavy (non-hydrogen) atoms. The maximum atomic E-state index is 13.1. The lowest BCUT2D eigenvalue weighted by molar-refractivity contribution is -0.384. The van der Waals surface area contributed by atoms with E-state index in [9.17, 15) is 20.0 Å². The highest BCUT2D eigenvalue weighted by Crippen LogP contribution is 2.45. The number of nitro benzene ring substituents is 1. The average molecular weight is 478 g/mol. The molecule has 7 nitrogen and oxygen atoms in total. The minimum Gasteiger partial charge on any atom is -0.391 e. The molecule has 3 aliphatic rings. The van der Waals surface area contributed by atoms with Gasteiger partial charge in [-0.2, -0.15) is 0 Å². The molecule has 1 saturated carbocycles. The number of hydrogen-bond acceptors (Lipinski definition) is 5. The van der Waals surface area contributed by atoms with Gasteiger partial charge in [-0.05, 0) is 87.1 Å². The predicted octanol–water partition coefficient (Wildman–Crippen LogP) is 4.61. The van der Waals surface area contributed by atoms with Crippen LogP contribution in [0.4, 0.5) is 5.69 Å². The molecule has 1 amide bonds. The smallest absolute Gasteiger partial charge is 0.269 e. The zero-order valence-corrected chi connectivity index (χ0v) is 20.2. The predicted molar refractivity (Wildman–Crippen MR) is 134 cm³/mol. The summed E-state index contributed by atoms with van der Waals surface area (Å²) in [6.45, 7) is 3.41. The lowest BCUT2D eigenvalue weighted by Gasteiger charge is -2.51. The van der Waals surface area contributed by atoms with Crippen LogP contribution in [0.5, 0.6) is 0 Å². The summed E-state index contributed by atoms with van der Waals surface area (Å²) in [6.07, 6.45) is 6.60. The van der Waals surface area contributed by atoms with Gasteiger partial charge in [0.05, 0.1) is 11.0 Å². The topological polar surface area (TPSA) is 86.9 Å². The van der Waals surface area contributed by atoms with E-state index < -0.39 is 4.92 Å². The Balaban J connectivity index is 1.18. The van der Waals surface area contributed by atoms with Gasteiger partial charge in [0.1, 0.15) is 0 Å². The van der Waals surface area contributed by atoms with E-state index >= 15 is 0 Å². The standard InChI is InChI=1S/C28H35N3O4/c32-26-19-28(14-4-16-30(20-28)27(33)23-7-9-24(10-8-23)31(34)35)15-11-25(26)29-17-12-22(13-18-29)21-5-2-1-3-6-21/h1-3,5-10,22,25-26,32H,4,11-20H2/t25-,26-,28+/m1/s1. The maximum Gasteiger partial charge on any atom is 0.269 e. The number of carbonyl (C=O) groups is 1. The van der Waals surface area contributed by atoms with Crippen LogP contribution in [-0.4, -0.2) is 64.1 Å². The molecule has 3 atom stereocenters. The largest absolute Gasteiger partial charge is 0.391 e. The number of benzene rings is 2. The Bertz CT molecular complexity index is 1040. The van der Waals surface area contributed by atoms with E-state index in [0.717, 1.165) is 58.0 Å². The molecule has 3 fully saturated rings. The van der Waals surface area contributed by atoms with Crippen LogP contribution in [0.3, 0.4) is 0 Å². The van der Waals surface area contributed by atoms with E-state index in [2.05, 4.69) is 35.2 Å². The third-order valence-electron chi connectivity index (χ3n) is 8.60. The van der Waals surface area contributed by atoms with E-state index in [-0.39, 0.29) is 29.2 Å². The van der Waals surface area contributed by atoms with Crippen molar-refractivity contribution in [1.29, 1.82) is 0 Å². The Labute approximate surface area is 206 Å². The first-order valence-corrected chi connectivity index (χ1v) is 12.9. The van der Waals surface area contributed by atoms with Gasteiger partial charge in [0.15, 0.2) is 0 Å². The SMILES string of the molecule is O=C(c1ccc([N+](=O)[O-])cc1)N1CCC[C@@]2(CC[C@@H](N3CCC(c4ccccc4)CC3)[C@H](O)C2)C1. The first-order valence-electron chi connectivity index (χ1n) is 12.9. The zero-order chi connectivity index (χ0) is 24.4. The molecule has 0 bridgehead atoms. The molecule has 0 unspecified atom stereocenters. The number of amides is 1. The number of hydrogen-bond donors (Lipinski definition) is 1. The summed E-state index contributed by atoms with van der Waals surface area (Å²) in [4.78, 5) is 28.0. The molecule has 1 spiro atoms. The van der Waals surface area contributed by atoms with Gasteiger partial charge in [0.25, 0.3) is 11.6 Å². The Hall–Kier alpha value is -2.77. The molecule has 2 aromatic carbocycles. The van der Waals surface area contributed by atoms with Gasteiger partial charge in [-0.15, -0.1) is 0 Å². The highest BCUT2D eigenvalue weighted by Gasteiger charge is 2.45. The Morgan fingerprint density at radius 3 is 2.34 bits per heavy atom. The highest BCUT2D eigenvalue weighted by atomic mass is 16.6. The second kappa shape index (κ2) is 10.1. The average Bonchev–Trinajstić information content (AvgIpc) is 2.89. The summed E-state index contributed by atoms with van der Waals surface area (Å²) in [5.41, 5.74) is 1.87. The van der Waals surface area contributed by atoms with Gasteiger partial charge >= 0.3 is 0 Å². The van der Waals surface area contributed by atoms with Crippen LogP contribution in [0.2, 0.25) is 0 Å². The summed E-state index contributed by atoms with van der Waals surface area (Å²) in [5.74, 6) is 0.537. The lowest BCUT2D eigenvalue weighted by atomic mass is 9.66. The Kier molecular flexibility index (Phi) is 6.89. The van der Waals surface area contributed by atoms with Crippen molar-refractivity contribution in [1.82, 2.24) is 9.80 Å². The molecule has 186 valence electrons. The molecule has 5 rings (SSSR count). The first-order chi connectivity index (χ1) is 16.9. The summed E-state index contributed by atoms with van der Waals surface area (Å²) >= 11 is 0. The fourth-order valence-electron chi connectivity index (χ4n) is 6.70. The molecule has 2 saturated heterocycles. The van der Waals surface area contributed by atoms with Crippen LogP contribution in [0.15, 0.2) is 54.6 Å². The minimum absolute atomic E-state index is 0.00842. The number of piperidine rings is 2. The van der Waals surface area contributed by atoms with Crippen molar-refractivity contribution >= 4 is 11.6 Å². The number of nitro groups is 1. The number of likely N-dealkylation sites (tertiary alicyclic amines) is 2. The quantitative estimate of drug-likeness (QED) is 0.513. The molecular weight excluding hydrogens is 442 g/mol. The monoisotopic (exact) mass is 477 g/mol. The molecule has 1 aliphatic carbocycles. The number of carbonyl (C=O) groups excluding carboxylic acids is 1. The van der Waals surface area contributed by atoms with Crippen LogP contribution < -0.4 is 0 Å². The first kappa shape index (κ1) is 23.9. The molecular formula is C28H35N3O4. The Morgan fingerprint density at radius 2 is 1.69 bits per heavy atom. The molecule has 1 N–H and O–H groups in total. The van der Waals surface area contributed by atoms with E-state index in [0.29, 0.717) is 24.6 Å². The fraction of sp³-hybridized carbons (Fsp3) is 0.536. The van der Waals surface area contributed by atoms with Crippen molar-refractivity contribution in [2.45, 2.75) is 63.0 Å². The van der Waals surface area contributed by atoms with Crippen LogP contribution in [-0.2, 0) is 0 Å². The maximum absolute atomic E-state index is 13.1. The van der Waals surface area contributed by atoms with Crippen LogP contribution in [0.25, 0.3) is 0 Å². The number of rotatable bonds is 4. The molecule has 7 heteroatoms. The normalized spacial score (nSPS) is 28.2. The van der Waals surface area contributed by atoms with Gasteiger partial charge in [0.2, 0.25) is 0 Å². The summed E-state index contributed by atoms with van der Waals surface area (Å²) in [7, 11) is 0. The molecule has 0 radical (unpaired) electrons. The summed E-state index contributed by atoms with van der Waals surface area (Å²) < 4.78 is 0.